The maximum Gasteiger partial charge on any atom is 0.269 e. The summed E-state index contributed by atoms with van der Waals surface area (Å²) in [6, 6.07) is 11.8. The molecule has 1 atom stereocenters. The van der Waals surface area contributed by atoms with Gasteiger partial charge in [-0.2, -0.15) is 5.10 Å². The van der Waals surface area contributed by atoms with Gasteiger partial charge in [0.25, 0.3) is 17.3 Å². The molecule has 0 aromatic heterocycles. The van der Waals surface area contributed by atoms with Crippen molar-refractivity contribution in [3.05, 3.63) is 79.9 Å². The summed E-state index contributed by atoms with van der Waals surface area (Å²) in [5.41, 5.74) is 1.29. The van der Waals surface area contributed by atoms with Crippen LogP contribution in [0.25, 0.3) is 0 Å². The molecule has 0 N–H and O–H groups in total. The van der Waals surface area contributed by atoms with Crippen LogP contribution in [0.1, 0.15) is 16.5 Å². The fraction of sp³-hybridized carbons (Fsp3) is 0.125. The summed E-state index contributed by atoms with van der Waals surface area (Å²) in [4.78, 5) is 32.5. The Bertz CT molecular complexity index is 883. The summed E-state index contributed by atoms with van der Waals surface area (Å²) >= 11 is 1.37. The number of carbonyl (C=O) groups is 1. The number of hydrazone groups is 1. The van der Waals surface area contributed by atoms with Crippen molar-refractivity contribution in [3.63, 3.8) is 0 Å². The van der Waals surface area contributed by atoms with Gasteiger partial charge in [0.15, 0.2) is 0 Å². The zero-order valence-electron chi connectivity index (χ0n) is 13.2. The zero-order chi connectivity index (χ0) is 18.7. The van der Waals surface area contributed by atoms with Crippen LogP contribution in [0.4, 0.5) is 11.4 Å². The second kappa shape index (κ2) is 7.31. The highest BCUT2D eigenvalue weighted by atomic mass is 32.2. The smallest absolute Gasteiger partial charge is 0.269 e. The van der Waals surface area contributed by atoms with E-state index < -0.39 is 9.85 Å². The summed E-state index contributed by atoms with van der Waals surface area (Å²) in [5.74, 6) is 0.0655. The van der Waals surface area contributed by atoms with E-state index in [0.29, 0.717) is 5.56 Å². The summed E-state index contributed by atoms with van der Waals surface area (Å²) in [6.45, 7) is 0. The van der Waals surface area contributed by atoms with E-state index in [1.807, 2.05) is 0 Å². The van der Waals surface area contributed by atoms with E-state index >= 15 is 0 Å². The molecule has 0 aliphatic carbocycles. The SMILES string of the molecule is O=C1CSC(c2ccc([N+](=O)[O-])cc2)N1/N=C/c1ccc([N+](=O)[O-])cc1. The first-order valence-electron chi connectivity index (χ1n) is 7.42. The molecular formula is C16H12N4O5S. The molecule has 10 heteroatoms. The molecular weight excluding hydrogens is 360 g/mol. The first-order chi connectivity index (χ1) is 12.5. The van der Waals surface area contributed by atoms with Crippen LogP contribution in [0, 0.1) is 20.2 Å². The molecule has 1 fully saturated rings. The minimum atomic E-state index is -0.494. The monoisotopic (exact) mass is 372 g/mol. The minimum absolute atomic E-state index is 0.0241. The van der Waals surface area contributed by atoms with Gasteiger partial charge in [-0.3, -0.25) is 25.0 Å². The standard InChI is InChI=1S/C16H12N4O5S/c21-15-10-26-16(12-3-7-14(8-4-12)20(24)25)18(15)17-9-11-1-5-13(6-2-11)19(22)23/h1-9,16H,10H2/b17-9+. The quantitative estimate of drug-likeness (QED) is 0.452. The number of nitro benzene ring substituents is 2. The molecule has 1 heterocycles. The van der Waals surface area contributed by atoms with Crippen LogP contribution in [-0.4, -0.2) is 32.7 Å². The van der Waals surface area contributed by atoms with Gasteiger partial charge < -0.3 is 0 Å². The molecule has 2 aromatic rings. The van der Waals surface area contributed by atoms with Gasteiger partial charge in [-0.05, 0) is 35.4 Å². The number of non-ortho nitro benzene ring substituents is 2. The Morgan fingerprint density at radius 1 is 1.00 bits per heavy atom. The Balaban J connectivity index is 1.79. The highest BCUT2D eigenvalue weighted by Crippen LogP contribution is 2.39. The number of nitro groups is 2. The first-order valence-corrected chi connectivity index (χ1v) is 8.47. The average Bonchev–Trinajstić information content (AvgIpc) is 3.01. The van der Waals surface area contributed by atoms with Crippen LogP contribution < -0.4 is 0 Å². The predicted octanol–water partition coefficient (Wildman–Crippen LogP) is 3.11. The maximum absolute atomic E-state index is 12.1. The molecule has 0 bridgehead atoms. The molecule has 1 aliphatic heterocycles. The Labute approximate surface area is 151 Å². The van der Waals surface area contributed by atoms with Gasteiger partial charge in [0.05, 0.1) is 21.8 Å². The van der Waals surface area contributed by atoms with Gasteiger partial charge >= 0.3 is 0 Å². The summed E-state index contributed by atoms with van der Waals surface area (Å²) in [6.07, 6.45) is 1.45. The predicted molar refractivity (Wildman–Crippen MR) is 95.8 cm³/mol. The van der Waals surface area contributed by atoms with Crippen LogP contribution in [0.15, 0.2) is 53.6 Å². The number of benzene rings is 2. The van der Waals surface area contributed by atoms with E-state index in [9.17, 15) is 25.0 Å². The van der Waals surface area contributed by atoms with Crippen molar-refractivity contribution in [2.75, 3.05) is 5.75 Å². The molecule has 0 spiro atoms. The number of thioether (sulfide) groups is 1. The average molecular weight is 372 g/mol. The minimum Gasteiger partial charge on any atom is -0.272 e. The second-order valence-electron chi connectivity index (χ2n) is 5.34. The second-order valence-corrected chi connectivity index (χ2v) is 6.41. The van der Waals surface area contributed by atoms with Crippen molar-refractivity contribution in [1.29, 1.82) is 0 Å². The van der Waals surface area contributed by atoms with Gasteiger partial charge in [0.1, 0.15) is 5.37 Å². The molecule has 2 aromatic carbocycles. The highest BCUT2D eigenvalue weighted by Gasteiger charge is 2.33. The topological polar surface area (TPSA) is 119 Å². The molecule has 0 saturated carbocycles. The number of hydrogen-bond acceptors (Lipinski definition) is 7. The lowest BCUT2D eigenvalue weighted by atomic mass is 10.2. The fourth-order valence-corrected chi connectivity index (χ4v) is 3.45. The van der Waals surface area contributed by atoms with Crippen LogP contribution in [0.2, 0.25) is 0 Å². The molecule has 0 radical (unpaired) electrons. The normalized spacial score (nSPS) is 17.0. The Hall–Kier alpha value is -3.27. The third kappa shape index (κ3) is 3.70. The van der Waals surface area contributed by atoms with Gasteiger partial charge in [-0.15, -0.1) is 11.8 Å². The van der Waals surface area contributed by atoms with E-state index in [2.05, 4.69) is 5.10 Å². The van der Waals surface area contributed by atoms with E-state index in [0.717, 1.165) is 5.56 Å². The van der Waals surface area contributed by atoms with Crippen LogP contribution >= 0.6 is 11.8 Å². The van der Waals surface area contributed by atoms with Crippen molar-refractivity contribution in [2.45, 2.75) is 5.37 Å². The lowest BCUT2D eigenvalue weighted by molar-refractivity contribution is -0.385. The fourth-order valence-electron chi connectivity index (χ4n) is 2.35. The van der Waals surface area contributed by atoms with E-state index in [1.54, 1.807) is 12.1 Å². The Morgan fingerprint density at radius 3 is 2.08 bits per heavy atom. The molecule has 1 aliphatic rings. The van der Waals surface area contributed by atoms with Crippen molar-refractivity contribution < 1.29 is 14.6 Å². The van der Waals surface area contributed by atoms with Crippen molar-refractivity contribution in [2.24, 2.45) is 5.10 Å². The number of amides is 1. The number of carbonyl (C=O) groups excluding carboxylic acids is 1. The molecule has 1 unspecified atom stereocenters. The molecule has 9 nitrogen and oxygen atoms in total. The van der Waals surface area contributed by atoms with Crippen LogP contribution in [0.5, 0.6) is 0 Å². The first kappa shape index (κ1) is 17.5. The van der Waals surface area contributed by atoms with Crippen LogP contribution in [0.3, 0.4) is 0 Å². The van der Waals surface area contributed by atoms with E-state index in [-0.39, 0.29) is 28.4 Å². The van der Waals surface area contributed by atoms with E-state index in [1.165, 1.54) is 59.4 Å². The zero-order valence-corrected chi connectivity index (χ0v) is 14.0. The third-order valence-corrected chi connectivity index (χ3v) is 4.87. The highest BCUT2D eigenvalue weighted by molar-refractivity contribution is 8.00. The summed E-state index contributed by atoms with van der Waals surface area (Å²) in [7, 11) is 0. The lowest BCUT2D eigenvalue weighted by Gasteiger charge is -2.18. The molecule has 1 saturated heterocycles. The van der Waals surface area contributed by atoms with E-state index in [4.69, 9.17) is 0 Å². The van der Waals surface area contributed by atoms with Crippen molar-refractivity contribution in [3.8, 4) is 0 Å². The Morgan fingerprint density at radius 2 is 1.54 bits per heavy atom. The van der Waals surface area contributed by atoms with Gasteiger partial charge in [-0.1, -0.05) is 0 Å². The van der Waals surface area contributed by atoms with Gasteiger partial charge in [-0.25, -0.2) is 5.01 Å². The number of hydrogen-bond donors (Lipinski definition) is 0. The summed E-state index contributed by atoms with van der Waals surface area (Å²) in [5, 5.41) is 26.5. The largest absolute Gasteiger partial charge is 0.272 e. The van der Waals surface area contributed by atoms with Crippen LogP contribution in [-0.2, 0) is 4.79 Å². The Kier molecular flexibility index (Phi) is 4.94. The van der Waals surface area contributed by atoms with Gasteiger partial charge in [0.2, 0.25) is 0 Å². The maximum atomic E-state index is 12.1. The molecule has 1 amide bonds. The molecule has 132 valence electrons. The third-order valence-electron chi connectivity index (χ3n) is 3.67. The van der Waals surface area contributed by atoms with Crippen molar-refractivity contribution >= 4 is 35.3 Å². The number of nitrogens with zero attached hydrogens (tertiary/aromatic N) is 4. The molecule has 3 rings (SSSR count). The van der Waals surface area contributed by atoms with Crippen molar-refractivity contribution in [1.82, 2.24) is 5.01 Å². The number of rotatable bonds is 5. The lowest BCUT2D eigenvalue weighted by Crippen LogP contribution is -2.22. The van der Waals surface area contributed by atoms with Gasteiger partial charge in [0, 0.05) is 24.3 Å². The summed E-state index contributed by atoms with van der Waals surface area (Å²) < 4.78 is 0. The molecule has 26 heavy (non-hydrogen) atoms.